The van der Waals surface area contributed by atoms with Gasteiger partial charge in [-0.1, -0.05) is 0 Å². The van der Waals surface area contributed by atoms with Gasteiger partial charge in [0.25, 0.3) is 0 Å². The van der Waals surface area contributed by atoms with Crippen molar-refractivity contribution in [1.82, 2.24) is 0 Å². The molecule has 1 fully saturated rings. The van der Waals surface area contributed by atoms with Gasteiger partial charge in [0.05, 0.1) is 6.10 Å². The Morgan fingerprint density at radius 1 is 1.33 bits per heavy atom. The molecule has 1 radical (unpaired) electrons. The topological polar surface area (TPSA) is 20.2 Å². The van der Waals surface area contributed by atoms with Gasteiger partial charge in [-0.2, -0.15) is 0 Å². The molecule has 31 valence electrons. The van der Waals surface area contributed by atoms with Crippen molar-refractivity contribution in [3.05, 3.63) is 0 Å². The van der Waals surface area contributed by atoms with Gasteiger partial charge in [0.2, 0.25) is 0 Å². The summed E-state index contributed by atoms with van der Waals surface area (Å²) < 4.78 is 0. The molecule has 1 aliphatic rings. The van der Waals surface area contributed by atoms with Gasteiger partial charge in [-0.3, -0.25) is 0 Å². The van der Waals surface area contributed by atoms with Gasteiger partial charge in [0.1, 0.15) is 0 Å². The van der Waals surface area contributed by atoms with Gasteiger partial charge in [-0.15, -0.1) is 0 Å². The Hall–Kier alpha value is 0.557. The van der Waals surface area contributed by atoms with Crippen LogP contribution in [0.4, 0.5) is 0 Å². The Bertz CT molecular complexity index is 34.5. The van der Waals surface area contributed by atoms with Crippen molar-refractivity contribution < 1.29 is 5.11 Å². The molecule has 0 aromatic carbocycles. The van der Waals surface area contributed by atoms with E-state index in [0.717, 1.165) is 12.8 Å². The number of hydrogen-bond acceptors (Lipinski definition) is 1. The van der Waals surface area contributed by atoms with Crippen LogP contribution in [-0.4, -0.2) is 30.1 Å². The molecule has 0 unspecified atom stereocenters. The van der Waals surface area contributed by atoms with Crippen LogP contribution in [0.25, 0.3) is 0 Å². The quantitative estimate of drug-likeness (QED) is 0.410. The zero-order chi connectivity index (χ0) is 3.70. The van der Waals surface area contributed by atoms with Crippen molar-refractivity contribution in [3.8, 4) is 0 Å². The van der Waals surface area contributed by atoms with Crippen LogP contribution in [0.1, 0.15) is 19.3 Å². The predicted molar refractivity (Wildman–Crippen MR) is 25.6 cm³/mol. The number of aliphatic hydroxyl groups excluding tert-OH is 1. The average molecular weight is 79.0 g/mol. The van der Waals surface area contributed by atoms with E-state index in [9.17, 15) is 0 Å². The molecule has 0 saturated heterocycles. The van der Waals surface area contributed by atoms with E-state index < -0.39 is 0 Å². The van der Waals surface area contributed by atoms with Crippen molar-refractivity contribution in [1.29, 1.82) is 0 Å². The molecule has 0 atom stereocenters. The molecule has 0 heterocycles. The molecule has 0 amide bonds. The zero-order valence-corrected chi connectivity index (χ0v) is 4.15. The van der Waals surface area contributed by atoms with E-state index in [1.165, 1.54) is 6.42 Å². The molecule has 0 aliphatic heterocycles. The Labute approximate surface area is 49.9 Å². The summed E-state index contributed by atoms with van der Waals surface area (Å²) in [5.41, 5.74) is 0. The van der Waals surface area contributed by atoms with Crippen LogP contribution >= 0.6 is 0 Å². The molecule has 1 saturated carbocycles. The first-order valence-electron chi connectivity index (χ1n) is 2.07. The molecule has 2 heteroatoms. The van der Waals surface area contributed by atoms with Gasteiger partial charge in [0.15, 0.2) is 0 Å². The molecule has 1 N–H and O–H groups in total. The van der Waals surface area contributed by atoms with Crippen LogP contribution < -0.4 is 0 Å². The summed E-state index contributed by atoms with van der Waals surface area (Å²) in [4.78, 5) is 0. The third kappa shape index (κ3) is 1.34. The summed E-state index contributed by atoms with van der Waals surface area (Å²) in [6.07, 6.45) is 3.39. The Morgan fingerprint density at radius 2 is 1.67 bits per heavy atom. The van der Waals surface area contributed by atoms with E-state index in [4.69, 9.17) is 5.11 Å². The predicted octanol–water partition coefficient (Wildman–Crippen LogP) is 0.150. The maximum atomic E-state index is 8.45. The Balaban J connectivity index is 0.000000250. The molecule has 0 aromatic heterocycles. The van der Waals surface area contributed by atoms with Crippen LogP contribution in [0, 0.1) is 0 Å². The molecule has 0 bridgehead atoms. The van der Waals surface area contributed by atoms with Crippen LogP contribution in [0.2, 0.25) is 0 Å². The fraction of sp³-hybridized carbons (Fsp3) is 1.00. The van der Waals surface area contributed by atoms with E-state index >= 15 is 0 Å². The first-order chi connectivity index (χ1) is 2.39. The standard InChI is InChI=1S/C4H8O.Li/c5-4-2-1-3-4;/h4-5H,1-3H2;. The maximum absolute atomic E-state index is 8.45. The van der Waals surface area contributed by atoms with Gasteiger partial charge < -0.3 is 5.11 Å². The number of aliphatic hydroxyl groups is 1. The molecule has 1 aliphatic carbocycles. The summed E-state index contributed by atoms with van der Waals surface area (Å²) in [5.74, 6) is 0. The van der Waals surface area contributed by atoms with Gasteiger partial charge >= 0.3 is 0 Å². The molecule has 1 nitrogen and oxygen atoms in total. The minimum absolute atomic E-state index is 0. The summed E-state index contributed by atoms with van der Waals surface area (Å²) in [5, 5.41) is 8.45. The first kappa shape index (κ1) is 6.56. The SMILES string of the molecule is OC1CCC1.[Li]. The Morgan fingerprint density at radius 3 is 1.67 bits per heavy atom. The second kappa shape index (κ2) is 2.68. The zero-order valence-electron chi connectivity index (χ0n) is 4.15. The normalized spacial score (nSPS) is 21.5. The first-order valence-corrected chi connectivity index (χ1v) is 2.07. The molecule has 6 heavy (non-hydrogen) atoms. The van der Waals surface area contributed by atoms with Crippen LogP contribution in [-0.2, 0) is 0 Å². The van der Waals surface area contributed by atoms with E-state index in [2.05, 4.69) is 0 Å². The van der Waals surface area contributed by atoms with Crippen LogP contribution in [0.5, 0.6) is 0 Å². The summed E-state index contributed by atoms with van der Waals surface area (Å²) in [6.45, 7) is 0. The molecule has 0 aromatic rings. The van der Waals surface area contributed by atoms with Crippen molar-refractivity contribution in [2.24, 2.45) is 0 Å². The minimum Gasteiger partial charge on any atom is -0.393 e. The summed E-state index contributed by atoms with van der Waals surface area (Å²) >= 11 is 0. The van der Waals surface area contributed by atoms with E-state index in [-0.39, 0.29) is 25.0 Å². The molecular weight excluding hydrogens is 71.0 g/mol. The third-order valence-electron chi connectivity index (χ3n) is 1.07. The molecule has 1 rings (SSSR count). The summed E-state index contributed by atoms with van der Waals surface area (Å²) in [6, 6.07) is 0. The fourth-order valence-corrected chi connectivity index (χ4v) is 0.387. The smallest absolute Gasteiger partial charge is 0.0540 e. The monoisotopic (exact) mass is 79.1 g/mol. The summed E-state index contributed by atoms with van der Waals surface area (Å²) in [7, 11) is 0. The van der Waals surface area contributed by atoms with E-state index in [1.54, 1.807) is 0 Å². The molecular formula is C4H8LiO. The maximum Gasteiger partial charge on any atom is 0.0540 e. The third-order valence-corrected chi connectivity index (χ3v) is 1.07. The van der Waals surface area contributed by atoms with Gasteiger partial charge in [-0.25, -0.2) is 0 Å². The van der Waals surface area contributed by atoms with Crippen LogP contribution in [0.15, 0.2) is 0 Å². The minimum atomic E-state index is 0. The van der Waals surface area contributed by atoms with Crippen molar-refractivity contribution in [2.45, 2.75) is 25.4 Å². The van der Waals surface area contributed by atoms with E-state index in [0.29, 0.717) is 0 Å². The van der Waals surface area contributed by atoms with Crippen molar-refractivity contribution >= 4 is 18.9 Å². The van der Waals surface area contributed by atoms with E-state index in [1.807, 2.05) is 0 Å². The second-order valence-electron chi connectivity index (χ2n) is 1.58. The van der Waals surface area contributed by atoms with Crippen molar-refractivity contribution in [3.63, 3.8) is 0 Å². The number of hydrogen-bond donors (Lipinski definition) is 1. The van der Waals surface area contributed by atoms with Gasteiger partial charge in [-0.05, 0) is 19.3 Å². The van der Waals surface area contributed by atoms with Crippen LogP contribution in [0.3, 0.4) is 0 Å². The second-order valence-corrected chi connectivity index (χ2v) is 1.58. The number of rotatable bonds is 0. The molecule has 0 spiro atoms. The van der Waals surface area contributed by atoms with Gasteiger partial charge in [0, 0.05) is 18.9 Å². The average Bonchev–Trinajstić information content (AvgIpc) is 1.30. The fourth-order valence-electron chi connectivity index (χ4n) is 0.387. The van der Waals surface area contributed by atoms with Crippen molar-refractivity contribution in [2.75, 3.05) is 0 Å². The Kier molecular flexibility index (Phi) is 2.93. The largest absolute Gasteiger partial charge is 0.393 e.